The number of likely N-dealkylation sites (tertiary alicyclic amines) is 1. The molecule has 1 aliphatic rings. The van der Waals surface area contributed by atoms with Crippen molar-refractivity contribution in [3.8, 4) is 0 Å². The van der Waals surface area contributed by atoms with Gasteiger partial charge in [-0.2, -0.15) is 0 Å². The molecule has 0 spiro atoms. The molecule has 2 aromatic heterocycles. The zero-order chi connectivity index (χ0) is 22.2. The summed E-state index contributed by atoms with van der Waals surface area (Å²) in [6.45, 7) is 4.63. The van der Waals surface area contributed by atoms with Crippen molar-refractivity contribution < 1.29 is 9.90 Å². The Bertz CT molecular complexity index is 1280. The van der Waals surface area contributed by atoms with Crippen LogP contribution in [0, 0.1) is 6.92 Å². The van der Waals surface area contributed by atoms with E-state index in [-0.39, 0.29) is 12.0 Å². The molecular weight excluding hydrogens is 400 g/mol. The van der Waals surface area contributed by atoms with Crippen LogP contribution in [0.1, 0.15) is 34.5 Å². The van der Waals surface area contributed by atoms with Crippen LogP contribution in [-0.2, 0) is 13.6 Å². The fourth-order valence-corrected chi connectivity index (χ4v) is 4.76. The molecule has 1 fully saturated rings. The van der Waals surface area contributed by atoms with Crippen molar-refractivity contribution >= 4 is 33.5 Å². The molecule has 6 nitrogen and oxygen atoms in total. The molecule has 0 unspecified atom stereocenters. The van der Waals surface area contributed by atoms with Gasteiger partial charge < -0.3 is 15.0 Å². The minimum atomic E-state index is -0.164. The number of aliphatic hydroxyl groups excluding tert-OH is 1. The van der Waals surface area contributed by atoms with Crippen molar-refractivity contribution in [2.24, 2.45) is 7.05 Å². The van der Waals surface area contributed by atoms with Crippen LogP contribution in [0.4, 0.5) is 5.82 Å². The Morgan fingerprint density at radius 2 is 1.81 bits per heavy atom. The minimum Gasteiger partial charge on any atom is -0.393 e. The van der Waals surface area contributed by atoms with E-state index in [2.05, 4.69) is 31.9 Å². The number of para-hydroxylation sites is 1. The first-order valence-corrected chi connectivity index (χ1v) is 11.1. The SMILES string of the molecule is Cc1nc(NC(=O)c2ccc(CN3CCC(O)CC3)cc2)cc2c3ccccc3n(C)c12. The molecule has 0 bridgehead atoms. The van der Waals surface area contributed by atoms with Crippen LogP contribution in [-0.4, -0.2) is 44.7 Å². The maximum atomic E-state index is 12.9. The van der Waals surface area contributed by atoms with Crippen LogP contribution in [0.3, 0.4) is 0 Å². The van der Waals surface area contributed by atoms with Gasteiger partial charge in [0.2, 0.25) is 0 Å². The second kappa shape index (κ2) is 8.37. The van der Waals surface area contributed by atoms with Crippen molar-refractivity contribution in [1.82, 2.24) is 14.5 Å². The van der Waals surface area contributed by atoms with Gasteiger partial charge in [0.25, 0.3) is 5.91 Å². The zero-order valence-electron chi connectivity index (χ0n) is 18.5. The van der Waals surface area contributed by atoms with Crippen molar-refractivity contribution in [3.63, 3.8) is 0 Å². The Labute approximate surface area is 187 Å². The monoisotopic (exact) mass is 428 g/mol. The molecular formula is C26H28N4O2. The highest BCUT2D eigenvalue weighted by Gasteiger charge is 2.17. The van der Waals surface area contributed by atoms with E-state index in [1.807, 2.05) is 56.4 Å². The first kappa shape index (κ1) is 20.7. The molecule has 2 aromatic carbocycles. The molecule has 0 atom stereocenters. The summed E-state index contributed by atoms with van der Waals surface area (Å²) in [6.07, 6.45) is 1.49. The van der Waals surface area contributed by atoms with Gasteiger partial charge in [-0.15, -0.1) is 0 Å². The zero-order valence-corrected chi connectivity index (χ0v) is 18.5. The number of pyridine rings is 1. The number of piperidine rings is 1. The van der Waals surface area contributed by atoms with E-state index in [0.29, 0.717) is 11.4 Å². The van der Waals surface area contributed by atoms with Crippen molar-refractivity contribution in [3.05, 3.63) is 71.4 Å². The number of aryl methyl sites for hydroxylation is 2. The van der Waals surface area contributed by atoms with Gasteiger partial charge >= 0.3 is 0 Å². The van der Waals surface area contributed by atoms with Crippen LogP contribution in [0.25, 0.3) is 21.8 Å². The van der Waals surface area contributed by atoms with E-state index in [9.17, 15) is 9.90 Å². The Hall–Kier alpha value is -3.22. The van der Waals surface area contributed by atoms with Gasteiger partial charge in [0, 0.05) is 48.5 Å². The lowest BCUT2D eigenvalue weighted by Gasteiger charge is -2.29. The predicted molar refractivity (Wildman–Crippen MR) is 128 cm³/mol. The van der Waals surface area contributed by atoms with Crippen LogP contribution in [0.15, 0.2) is 54.6 Å². The normalized spacial score (nSPS) is 15.5. The second-order valence-corrected chi connectivity index (χ2v) is 8.72. The highest BCUT2D eigenvalue weighted by molar-refractivity contribution is 6.11. The van der Waals surface area contributed by atoms with E-state index in [1.54, 1.807) is 0 Å². The number of hydrogen-bond donors (Lipinski definition) is 2. The topological polar surface area (TPSA) is 70.4 Å². The van der Waals surface area contributed by atoms with Gasteiger partial charge in [0.15, 0.2) is 0 Å². The molecule has 164 valence electrons. The maximum Gasteiger partial charge on any atom is 0.256 e. The summed E-state index contributed by atoms with van der Waals surface area (Å²) in [5, 5.41) is 14.9. The van der Waals surface area contributed by atoms with Gasteiger partial charge in [0.1, 0.15) is 5.82 Å². The number of aliphatic hydroxyl groups is 1. The molecule has 5 rings (SSSR count). The summed E-state index contributed by atoms with van der Waals surface area (Å²) < 4.78 is 2.15. The van der Waals surface area contributed by atoms with Crippen LogP contribution < -0.4 is 5.32 Å². The lowest BCUT2D eigenvalue weighted by atomic mass is 10.1. The summed E-state index contributed by atoms with van der Waals surface area (Å²) in [5.41, 5.74) is 4.90. The van der Waals surface area contributed by atoms with Crippen molar-refractivity contribution in [2.45, 2.75) is 32.4 Å². The predicted octanol–water partition coefficient (Wildman–Crippen LogP) is 4.24. The Kier molecular flexibility index (Phi) is 5.41. The summed E-state index contributed by atoms with van der Waals surface area (Å²) in [4.78, 5) is 19.9. The average Bonchev–Trinajstić information content (AvgIpc) is 3.08. The average molecular weight is 429 g/mol. The summed E-state index contributed by atoms with van der Waals surface area (Å²) in [7, 11) is 2.05. The molecule has 3 heterocycles. The third-order valence-electron chi connectivity index (χ3n) is 6.48. The number of carbonyl (C=O) groups is 1. The molecule has 1 saturated heterocycles. The lowest BCUT2D eigenvalue weighted by Crippen LogP contribution is -2.35. The van der Waals surface area contributed by atoms with E-state index in [0.717, 1.165) is 60.0 Å². The minimum absolute atomic E-state index is 0.163. The largest absolute Gasteiger partial charge is 0.393 e. The van der Waals surface area contributed by atoms with Crippen molar-refractivity contribution in [1.29, 1.82) is 0 Å². The maximum absolute atomic E-state index is 12.9. The Morgan fingerprint density at radius 3 is 2.56 bits per heavy atom. The number of benzene rings is 2. The highest BCUT2D eigenvalue weighted by Crippen LogP contribution is 2.31. The van der Waals surface area contributed by atoms with Gasteiger partial charge in [-0.25, -0.2) is 4.98 Å². The number of hydrogen-bond acceptors (Lipinski definition) is 4. The number of aromatic nitrogens is 2. The molecule has 1 amide bonds. The number of nitrogens with one attached hydrogen (secondary N) is 1. The lowest BCUT2D eigenvalue weighted by molar-refractivity contribution is 0.0792. The molecule has 1 aliphatic heterocycles. The smallest absolute Gasteiger partial charge is 0.256 e. The van der Waals surface area contributed by atoms with Gasteiger partial charge in [-0.3, -0.25) is 9.69 Å². The van der Waals surface area contributed by atoms with Crippen LogP contribution in [0.2, 0.25) is 0 Å². The molecule has 0 radical (unpaired) electrons. The first-order chi connectivity index (χ1) is 15.5. The molecule has 32 heavy (non-hydrogen) atoms. The fourth-order valence-electron chi connectivity index (χ4n) is 4.76. The molecule has 2 N–H and O–H groups in total. The molecule has 6 heteroatoms. The first-order valence-electron chi connectivity index (χ1n) is 11.1. The quantitative estimate of drug-likeness (QED) is 0.510. The van der Waals surface area contributed by atoms with Gasteiger partial charge in [-0.05, 0) is 49.6 Å². The molecule has 4 aromatic rings. The van der Waals surface area contributed by atoms with Crippen LogP contribution >= 0.6 is 0 Å². The number of carbonyl (C=O) groups excluding carboxylic acids is 1. The Morgan fingerprint density at radius 1 is 1.09 bits per heavy atom. The number of rotatable bonds is 4. The van der Waals surface area contributed by atoms with Crippen LogP contribution in [0.5, 0.6) is 0 Å². The van der Waals surface area contributed by atoms with Crippen molar-refractivity contribution in [2.75, 3.05) is 18.4 Å². The number of anilines is 1. The third kappa shape index (κ3) is 3.87. The van der Waals surface area contributed by atoms with Gasteiger partial charge in [-0.1, -0.05) is 30.3 Å². The summed E-state index contributed by atoms with van der Waals surface area (Å²) >= 11 is 0. The number of nitrogens with zero attached hydrogens (tertiary/aromatic N) is 3. The molecule has 0 aliphatic carbocycles. The molecule has 0 saturated carbocycles. The van der Waals surface area contributed by atoms with E-state index >= 15 is 0 Å². The fraction of sp³-hybridized carbons (Fsp3) is 0.308. The third-order valence-corrected chi connectivity index (χ3v) is 6.48. The standard InChI is InChI=1S/C26H28N4O2/c1-17-25-22(21-5-3-4-6-23(21)29(25)2)15-24(27-17)28-26(32)19-9-7-18(8-10-19)16-30-13-11-20(31)12-14-30/h3-10,15,20,31H,11-14,16H2,1-2H3,(H,27,28,32). The number of fused-ring (bicyclic) bond motifs is 3. The second-order valence-electron chi connectivity index (χ2n) is 8.72. The van der Waals surface area contributed by atoms with E-state index < -0.39 is 0 Å². The van der Waals surface area contributed by atoms with E-state index in [1.165, 1.54) is 5.56 Å². The van der Waals surface area contributed by atoms with E-state index in [4.69, 9.17) is 0 Å². The summed E-state index contributed by atoms with van der Waals surface area (Å²) in [5.74, 6) is 0.399. The highest BCUT2D eigenvalue weighted by atomic mass is 16.3. The van der Waals surface area contributed by atoms with Gasteiger partial charge in [0.05, 0.1) is 17.3 Å². The number of amides is 1. The Balaban J connectivity index is 1.34. The summed E-state index contributed by atoms with van der Waals surface area (Å²) in [6, 6.07) is 18.0.